The Kier molecular flexibility index (Phi) is 3.57. The maximum absolute atomic E-state index is 11.6. The van der Waals surface area contributed by atoms with E-state index in [1.807, 2.05) is 20.8 Å². The number of hydrogen-bond donors (Lipinski definition) is 1. The summed E-state index contributed by atoms with van der Waals surface area (Å²) in [5, 5.41) is 4.72. The van der Waals surface area contributed by atoms with Crippen LogP contribution in [0.5, 0.6) is 5.88 Å². The summed E-state index contributed by atoms with van der Waals surface area (Å²) < 4.78 is 5.11. The number of amides is 1. The molecule has 6 heteroatoms. The van der Waals surface area contributed by atoms with E-state index in [2.05, 4.69) is 15.3 Å². The van der Waals surface area contributed by atoms with Crippen LogP contribution in [0.25, 0.3) is 10.8 Å². The van der Waals surface area contributed by atoms with Gasteiger partial charge in [0.25, 0.3) is 0 Å². The molecule has 100 valence electrons. The molecular weight excluding hydrogens is 266 g/mol. The molecule has 2 heterocycles. The van der Waals surface area contributed by atoms with Crippen LogP contribution in [0.2, 0.25) is 5.15 Å². The second-order valence-corrected chi connectivity index (χ2v) is 5.53. The normalized spacial score (nSPS) is 11.4. The third-order valence-electron chi connectivity index (χ3n) is 2.22. The molecule has 2 aromatic rings. The standard InChI is InChI=1S/C13H14ClN3O2/c1-13(2,3)17-12(18)19-11-5-9-6-15-10(14)4-8(9)7-16-11/h4-7H,1-3H3,(H,17,18). The zero-order valence-corrected chi connectivity index (χ0v) is 11.7. The SMILES string of the molecule is CC(C)(C)NC(=O)Oc1cc2cnc(Cl)cc2cn1. The Morgan fingerprint density at radius 3 is 2.53 bits per heavy atom. The molecule has 0 saturated heterocycles. The van der Waals surface area contributed by atoms with Gasteiger partial charge in [-0.1, -0.05) is 11.6 Å². The van der Waals surface area contributed by atoms with E-state index in [0.29, 0.717) is 5.15 Å². The molecule has 0 radical (unpaired) electrons. The van der Waals surface area contributed by atoms with Crippen LogP contribution in [0.15, 0.2) is 24.5 Å². The van der Waals surface area contributed by atoms with E-state index < -0.39 is 6.09 Å². The molecule has 19 heavy (non-hydrogen) atoms. The van der Waals surface area contributed by atoms with Gasteiger partial charge in [-0.25, -0.2) is 14.8 Å². The highest BCUT2D eigenvalue weighted by Crippen LogP contribution is 2.19. The Bertz CT molecular complexity index is 623. The van der Waals surface area contributed by atoms with Crippen molar-refractivity contribution in [3.63, 3.8) is 0 Å². The van der Waals surface area contributed by atoms with Crippen molar-refractivity contribution in [1.29, 1.82) is 0 Å². The van der Waals surface area contributed by atoms with Crippen molar-refractivity contribution in [1.82, 2.24) is 15.3 Å². The minimum Gasteiger partial charge on any atom is -0.391 e. The molecule has 0 unspecified atom stereocenters. The predicted molar refractivity (Wildman–Crippen MR) is 73.5 cm³/mol. The zero-order chi connectivity index (χ0) is 14.0. The number of hydrogen-bond acceptors (Lipinski definition) is 4. The highest BCUT2D eigenvalue weighted by molar-refractivity contribution is 6.30. The fourth-order valence-electron chi connectivity index (χ4n) is 1.47. The summed E-state index contributed by atoms with van der Waals surface area (Å²) in [5.74, 6) is 0.221. The minimum absolute atomic E-state index is 0.221. The average Bonchev–Trinajstić information content (AvgIpc) is 2.26. The molecule has 0 atom stereocenters. The molecule has 0 bridgehead atoms. The molecule has 1 N–H and O–H groups in total. The van der Waals surface area contributed by atoms with Crippen LogP contribution in [0, 0.1) is 0 Å². The fraction of sp³-hybridized carbons (Fsp3) is 0.308. The number of aromatic nitrogens is 2. The second-order valence-electron chi connectivity index (χ2n) is 5.14. The van der Waals surface area contributed by atoms with Crippen LogP contribution in [0.1, 0.15) is 20.8 Å². The van der Waals surface area contributed by atoms with Crippen LogP contribution in [0.3, 0.4) is 0 Å². The van der Waals surface area contributed by atoms with Crippen LogP contribution in [-0.4, -0.2) is 21.6 Å². The number of nitrogens with one attached hydrogen (secondary N) is 1. The summed E-state index contributed by atoms with van der Waals surface area (Å²) in [6.45, 7) is 5.61. The Balaban J connectivity index is 2.18. The van der Waals surface area contributed by atoms with E-state index in [-0.39, 0.29) is 11.4 Å². The van der Waals surface area contributed by atoms with Gasteiger partial charge in [-0.3, -0.25) is 0 Å². The molecule has 2 rings (SSSR count). The first-order chi connectivity index (χ1) is 8.83. The number of nitrogens with zero attached hydrogens (tertiary/aromatic N) is 2. The Labute approximate surface area is 116 Å². The van der Waals surface area contributed by atoms with Gasteiger partial charge in [0.1, 0.15) is 5.15 Å². The van der Waals surface area contributed by atoms with Crippen molar-refractivity contribution in [3.8, 4) is 5.88 Å². The minimum atomic E-state index is -0.540. The quantitative estimate of drug-likeness (QED) is 0.815. The van der Waals surface area contributed by atoms with Crippen molar-refractivity contribution in [3.05, 3.63) is 29.7 Å². The molecule has 5 nitrogen and oxygen atoms in total. The first-order valence-electron chi connectivity index (χ1n) is 5.75. The molecule has 1 amide bonds. The Morgan fingerprint density at radius 2 is 1.84 bits per heavy atom. The maximum atomic E-state index is 11.6. The van der Waals surface area contributed by atoms with Crippen molar-refractivity contribution < 1.29 is 9.53 Å². The lowest BCUT2D eigenvalue weighted by Gasteiger charge is -2.19. The Morgan fingerprint density at radius 1 is 1.21 bits per heavy atom. The van der Waals surface area contributed by atoms with Gasteiger partial charge in [-0.05, 0) is 26.8 Å². The number of fused-ring (bicyclic) bond motifs is 1. The van der Waals surface area contributed by atoms with Gasteiger partial charge in [0, 0.05) is 34.8 Å². The van der Waals surface area contributed by atoms with E-state index in [0.717, 1.165) is 10.8 Å². The molecule has 0 fully saturated rings. The number of ether oxygens (including phenoxy) is 1. The summed E-state index contributed by atoms with van der Waals surface area (Å²) in [7, 11) is 0. The summed E-state index contributed by atoms with van der Waals surface area (Å²) in [6, 6.07) is 3.34. The van der Waals surface area contributed by atoms with E-state index >= 15 is 0 Å². The molecule has 0 spiro atoms. The molecular formula is C13H14ClN3O2. The van der Waals surface area contributed by atoms with Crippen LogP contribution < -0.4 is 10.1 Å². The van der Waals surface area contributed by atoms with Crippen molar-refractivity contribution in [2.45, 2.75) is 26.3 Å². The van der Waals surface area contributed by atoms with Gasteiger partial charge in [0.05, 0.1) is 0 Å². The van der Waals surface area contributed by atoms with E-state index in [9.17, 15) is 4.79 Å². The van der Waals surface area contributed by atoms with Gasteiger partial charge in [0.15, 0.2) is 0 Å². The zero-order valence-electron chi connectivity index (χ0n) is 10.9. The molecule has 0 saturated carbocycles. The summed E-state index contributed by atoms with van der Waals surface area (Å²) in [5.41, 5.74) is -0.358. The average molecular weight is 280 g/mol. The van der Waals surface area contributed by atoms with Crippen LogP contribution in [-0.2, 0) is 0 Å². The molecule has 2 aromatic heterocycles. The number of rotatable bonds is 1. The van der Waals surface area contributed by atoms with Crippen molar-refractivity contribution in [2.24, 2.45) is 0 Å². The van der Waals surface area contributed by atoms with E-state index in [4.69, 9.17) is 16.3 Å². The largest absolute Gasteiger partial charge is 0.414 e. The maximum Gasteiger partial charge on any atom is 0.414 e. The third-order valence-corrected chi connectivity index (χ3v) is 2.43. The molecule has 0 aliphatic rings. The van der Waals surface area contributed by atoms with E-state index in [1.165, 1.54) is 0 Å². The molecule has 0 aliphatic heterocycles. The highest BCUT2D eigenvalue weighted by atomic mass is 35.5. The molecule has 0 aliphatic carbocycles. The van der Waals surface area contributed by atoms with Gasteiger partial charge >= 0.3 is 6.09 Å². The number of carbonyl (C=O) groups is 1. The summed E-state index contributed by atoms with van der Waals surface area (Å²) >= 11 is 5.78. The Hall–Kier alpha value is -1.88. The lowest BCUT2D eigenvalue weighted by Crippen LogP contribution is -2.42. The molecule has 0 aromatic carbocycles. The monoisotopic (exact) mass is 279 g/mol. The van der Waals surface area contributed by atoms with Gasteiger partial charge < -0.3 is 10.1 Å². The lowest BCUT2D eigenvalue weighted by atomic mass is 10.1. The van der Waals surface area contributed by atoms with Crippen LogP contribution >= 0.6 is 11.6 Å². The number of pyridine rings is 2. The second kappa shape index (κ2) is 5.01. The summed E-state index contributed by atoms with van der Waals surface area (Å²) in [6.07, 6.45) is 2.65. The number of carbonyl (C=O) groups excluding carboxylic acids is 1. The van der Waals surface area contributed by atoms with E-state index in [1.54, 1.807) is 24.5 Å². The van der Waals surface area contributed by atoms with Gasteiger partial charge in [0.2, 0.25) is 5.88 Å². The topological polar surface area (TPSA) is 64.1 Å². The van der Waals surface area contributed by atoms with Gasteiger partial charge in [-0.15, -0.1) is 0 Å². The number of halogens is 1. The lowest BCUT2D eigenvalue weighted by molar-refractivity contribution is 0.189. The summed E-state index contributed by atoms with van der Waals surface area (Å²) in [4.78, 5) is 19.6. The van der Waals surface area contributed by atoms with Crippen LogP contribution in [0.4, 0.5) is 4.79 Å². The third kappa shape index (κ3) is 3.79. The first-order valence-corrected chi connectivity index (χ1v) is 6.12. The smallest absolute Gasteiger partial charge is 0.391 e. The van der Waals surface area contributed by atoms with Crippen molar-refractivity contribution in [2.75, 3.05) is 0 Å². The highest BCUT2D eigenvalue weighted by Gasteiger charge is 2.15. The first kappa shape index (κ1) is 13.5. The fourth-order valence-corrected chi connectivity index (χ4v) is 1.64. The van der Waals surface area contributed by atoms with Gasteiger partial charge in [-0.2, -0.15) is 0 Å². The van der Waals surface area contributed by atoms with Crippen molar-refractivity contribution >= 4 is 28.5 Å². The predicted octanol–water partition coefficient (Wildman–Crippen LogP) is 3.17.